The van der Waals surface area contributed by atoms with Gasteiger partial charge in [-0.2, -0.15) is 9.41 Å². The number of aryl methyl sites for hydroxylation is 1. The summed E-state index contributed by atoms with van der Waals surface area (Å²) in [5.41, 5.74) is 4.16. The molecule has 1 amide bonds. The number of halogens is 1. The largest absolute Gasteiger partial charge is 0.271 e. The molecule has 6 nitrogen and oxygen atoms in total. The molecule has 2 aromatic carbocycles. The van der Waals surface area contributed by atoms with E-state index in [1.54, 1.807) is 66.0 Å². The molecule has 2 fully saturated rings. The number of hydrogen-bond acceptors (Lipinski definition) is 6. The maximum absolute atomic E-state index is 13.4. The fourth-order valence-electron chi connectivity index (χ4n) is 3.66. The summed E-state index contributed by atoms with van der Waals surface area (Å²) in [6.07, 6.45) is 1.91. The van der Waals surface area contributed by atoms with Crippen molar-refractivity contribution >= 4 is 57.3 Å². The van der Waals surface area contributed by atoms with Crippen LogP contribution in [0, 0.1) is 6.92 Å². The Morgan fingerprint density at radius 1 is 1.19 bits per heavy atom. The highest BCUT2D eigenvalue weighted by Crippen LogP contribution is 2.52. The Hall–Kier alpha value is -1.52. The van der Waals surface area contributed by atoms with E-state index in [0.29, 0.717) is 23.6 Å². The van der Waals surface area contributed by atoms with Crippen LogP contribution in [0.2, 0.25) is 5.02 Å². The van der Waals surface area contributed by atoms with Crippen molar-refractivity contribution in [3.63, 3.8) is 0 Å². The van der Waals surface area contributed by atoms with Gasteiger partial charge < -0.3 is 0 Å². The molecule has 0 bridgehead atoms. The van der Waals surface area contributed by atoms with Crippen LogP contribution in [0.15, 0.2) is 58.5 Å². The molecule has 0 radical (unpaired) electrons. The number of nitrogens with zero attached hydrogens (tertiary/aromatic N) is 2. The number of amides is 1. The van der Waals surface area contributed by atoms with Gasteiger partial charge in [0, 0.05) is 28.6 Å². The molecule has 1 atom stereocenters. The van der Waals surface area contributed by atoms with Crippen molar-refractivity contribution in [2.75, 3.05) is 18.1 Å². The topological polar surface area (TPSA) is 78.8 Å². The molecular weight excluding hydrogens is 474 g/mol. The predicted octanol–water partition coefficient (Wildman–Crippen LogP) is 3.74. The minimum Gasteiger partial charge on any atom is -0.271 e. The monoisotopic (exact) mass is 495 g/mol. The predicted molar refractivity (Wildman–Crippen MR) is 128 cm³/mol. The lowest BCUT2D eigenvalue weighted by molar-refractivity contribution is -0.124. The van der Waals surface area contributed by atoms with Crippen LogP contribution in [0.4, 0.5) is 0 Å². The van der Waals surface area contributed by atoms with Gasteiger partial charge in [-0.1, -0.05) is 47.5 Å². The van der Waals surface area contributed by atoms with E-state index in [-0.39, 0.29) is 8.97 Å². The van der Waals surface area contributed by atoms with Crippen molar-refractivity contribution in [3.05, 3.63) is 64.7 Å². The van der Waals surface area contributed by atoms with Gasteiger partial charge in [-0.25, -0.2) is 13.8 Å². The van der Waals surface area contributed by atoms with Crippen molar-refractivity contribution in [1.29, 1.82) is 0 Å². The lowest BCUT2D eigenvalue weighted by atomic mass is 10.2. The molecule has 10 heteroatoms. The average molecular weight is 496 g/mol. The van der Waals surface area contributed by atoms with Crippen molar-refractivity contribution < 1.29 is 13.2 Å². The third-order valence-corrected chi connectivity index (χ3v) is 10.9. The Balaban J connectivity index is 1.58. The molecule has 0 aromatic heterocycles. The van der Waals surface area contributed by atoms with E-state index in [4.69, 9.17) is 11.6 Å². The molecule has 2 aliphatic heterocycles. The Morgan fingerprint density at radius 3 is 2.55 bits per heavy atom. The van der Waals surface area contributed by atoms with E-state index < -0.39 is 22.0 Å². The summed E-state index contributed by atoms with van der Waals surface area (Å²) in [5, 5.41) is 4.54. The zero-order valence-corrected chi connectivity index (χ0v) is 20.0. The van der Waals surface area contributed by atoms with Gasteiger partial charge in [0.1, 0.15) is 6.04 Å². The molecule has 4 rings (SSSR count). The van der Waals surface area contributed by atoms with Gasteiger partial charge in [0.15, 0.2) is 0 Å². The second-order valence-corrected chi connectivity index (χ2v) is 13.0. The van der Waals surface area contributed by atoms with Crippen molar-refractivity contribution in [2.24, 2.45) is 5.10 Å². The number of rotatable bonds is 5. The number of carbonyl (C=O) groups excluding carboxylic acids is 1. The first-order valence-corrected chi connectivity index (χ1v) is 13.5. The smallest absolute Gasteiger partial charge is 0.258 e. The number of hydrazone groups is 1. The van der Waals surface area contributed by atoms with E-state index >= 15 is 0 Å². The first-order chi connectivity index (χ1) is 14.8. The average Bonchev–Trinajstić information content (AvgIpc) is 3.37. The first-order valence-electron chi connectivity index (χ1n) is 9.75. The number of nitrogens with one attached hydrogen (secondary N) is 1. The standard InChI is InChI=1S/C21H22ClN3O3S3/c1-15-6-8-17(9-7-15)31(27,28)25-14-21(29-10-11-30-21)12-19(25)20(26)24-23-13-16-4-2-3-5-18(16)22/h2-9,13,19H,10-12,14H2,1H3,(H,24,26)/b23-13+/t19-/m0/s1. The maximum atomic E-state index is 13.4. The van der Waals surface area contributed by atoms with E-state index in [2.05, 4.69) is 10.5 Å². The molecular formula is C21H22ClN3O3S3. The lowest BCUT2D eigenvalue weighted by Crippen LogP contribution is -2.44. The number of sulfonamides is 1. The van der Waals surface area contributed by atoms with Crippen LogP contribution < -0.4 is 5.43 Å². The van der Waals surface area contributed by atoms with Gasteiger partial charge >= 0.3 is 0 Å². The Bertz CT molecular complexity index is 1100. The van der Waals surface area contributed by atoms with E-state index in [9.17, 15) is 13.2 Å². The highest BCUT2D eigenvalue weighted by Gasteiger charge is 2.53. The summed E-state index contributed by atoms with van der Waals surface area (Å²) in [6, 6.07) is 13.0. The van der Waals surface area contributed by atoms with Crippen LogP contribution in [0.3, 0.4) is 0 Å². The fourth-order valence-corrected chi connectivity index (χ4v) is 8.91. The summed E-state index contributed by atoms with van der Waals surface area (Å²) in [6.45, 7) is 2.20. The summed E-state index contributed by atoms with van der Waals surface area (Å²) < 4.78 is 27.9. The molecule has 2 heterocycles. The van der Waals surface area contributed by atoms with Gasteiger partial charge in [0.2, 0.25) is 10.0 Å². The van der Waals surface area contributed by atoms with Gasteiger partial charge in [0.05, 0.1) is 15.2 Å². The zero-order valence-electron chi connectivity index (χ0n) is 16.8. The second kappa shape index (κ2) is 9.15. The molecule has 2 aromatic rings. The number of hydrogen-bond donors (Lipinski definition) is 1. The summed E-state index contributed by atoms with van der Waals surface area (Å²) in [7, 11) is -3.82. The minimum atomic E-state index is -3.82. The maximum Gasteiger partial charge on any atom is 0.258 e. The van der Waals surface area contributed by atoms with Crippen LogP contribution in [-0.2, 0) is 14.8 Å². The van der Waals surface area contributed by atoms with Crippen LogP contribution in [-0.4, -0.2) is 53.0 Å². The number of carbonyl (C=O) groups is 1. The van der Waals surface area contributed by atoms with Gasteiger partial charge in [-0.15, -0.1) is 23.5 Å². The van der Waals surface area contributed by atoms with Gasteiger partial charge in [-0.05, 0) is 31.5 Å². The molecule has 2 saturated heterocycles. The molecule has 31 heavy (non-hydrogen) atoms. The van der Waals surface area contributed by atoms with Gasteiger partial charge in [-0.3, -0.25) is 4.79 Å². The van der Waals surface area contributed by atoms with Crippen LogP contribution >= 0.6 is 35.1 Å². The third-order valence-electron chi connectivity index (χ3n) is 5.28. The van der Waals surface area contributed by atoms with Gasteiger partial charge in [0.25, 0.3) is 5.91 Å². The molecule has 1 N–H and O–H groups in total. The Morgan fingerprint density at radius 2 is 1.87 bits per heavy atom. The third kappa shape index (κ3) is 4.80. The zero-order chi connectivity index (χ0) is 22.1. The SMILES string of the molecule is Cc1ccc(S(=O)(=O)N2CC3(C[C@H]2C(=O)N/N=C/c2ccccc2Cl)SCCS3)cc1. The summed E-state index contributed by atoms with van der Waals surface area (Å²) in [5.74, 6) is 1.45. The van der Waals surface area contributed by atoms with Crippen molar-refractivity contribution in [3.8, 4) is 0 Å². The van der Waals surface area contributed by atoms with Crippen molar-refractivity contribution in [1.82, 2.24) is 9.73 Å². The first kappa shape index (κ1) is 22.7. The normalized spacial score (nSPS) is 21.2. The second-order valence-electron chi connectivity index (χ2n) is 7.45. The molecule has 1 spiro atoms. The molecule has 164 valence electrons. The quantitative estimate of drug-likeness (QED) is 0.505. The highest BCUT2D eigenvalue weighted by molar-refractivity contribution is 8.21. The molecule has 0 saturated carbocycles. The minimum absolute atomic E-state index is 0.195. The summed E-state index contributed by atoms with van der Waals surface area (Å²) in [4.78, 5) is 13.2. The van der Waals surface area contributed by atoms with E-state index in [1.165, 1.54) is 10.5 Å². The van der Waals surface area contributed by atoms with Crippen LogP contribution in [0.5, 0.6) is 0 Å². The van der Waals surface area contributed by atoms with Crippen LogP contribution in [0.1, 0.15) is 17.5 Å². The highest BCUT2D eigenvalue weighted by atomic mass is 35.5. The molecule has 0 aliphatic carbocycles. The summed E-state index contributed by atoms with van der Waals surface area (Å²) >= 11 is 9.58. The molecule has 2 aliphatic rings. The van der Waals surface area contributed by atoms with Crippen molar-refractivity contribution in [2.45, 2.75) is 28.4 Å². The lowest BCUT2D eigenvalue weighted by Gasteiger charge is -2.23. The number of benzene rings is 2. The van der Waals surface area contributed by atoms with E-state index in [1.807, 2.05) is 13.0 Å². The van der Waals surface area contributed by atoms with E-state index in [0.717, 1.165) is 17.1 Å². The number of thioether (sulfide) groups is 2. The molecule has 0 unspecified atom stereocenters. The Kier molecular flexibility index (Phi) is 6.69. The Labute approximate surface area is 195 Å². The van der Waals surface area contributed by atoms with Crippen LogP contribution in [0.25, 0.3) is 0 Å². The fraction of sp³-hybridized carbons (Fsp3) is 0.333.